The van der Waals surface area contributed by atoms with Crippen LogP contribution in [0.5, 0.6) is 0 Å². The molecular formula is C19H21N5O2S. The molecule has 0 atom stereocenters. The average Bonchev–Trinajstić information content (AvgIpc) is 3.11. The SMILES string of the molecule is CCc1ccccc1NC(=O)CN(C)CC(=O)Nc1cccc2nsnc12. The molecule has 1 heterocycles. The highest BCUT2D eigenvalue weighted by Gasteiger charge is 2.14. The van der Waals surface area contributed by atoms with Crippen LogP contribution in [0.3, 0.4) is 0 Å². The van der Waals surface area contributed by atoms with E-state index in [2.05, 4.69) is 19.4 Å². The number of fused-ring (bicyclic) bond motifs is 1. The number of anilines is 2. The van der Waals surface area contributed by atoms with Gasteiger partial charge in [0.1, 0.15) is 11.0 Å². The highest BCUT2D eigenvalue weighted by Crippen LogP contribution is 2.21. The van der Waals surface area contributed by atoms with Crippen molar-refractivity contribution in [1.29, 1.82) is 0 Å². The van der Waals surface area contributed by atoms with E-state index in [9.17, 15) is 9.59 Å². The smallest absolute Gasteiger partial charge is 0.238 e. The van der Waals surface area contributed by atoms with Gasteiger partial charge < -0.3 is 10.6 Å². The number of amides is 2. The summed E-state index contributed by atoms with van der Waals surface area (Å²) in [5.74, 6) is -0.364. The summed E-state index contributed by atoms with van der Waals surface area (Å²) in [4.78, 5) is 26.2. The fourth-order valence-electron chi connectivity index (χ4n) is 2.78. The third-order valence-electron chi connectivity index (χ3n) is 4.06. The van der Waals surface area contributed by atoms with Crippen molar-refractivity contribution < 1.29 is 9.59 Å². The number of carbonyl (C=O) groups is 2. The van der Waals surface area contributed by atoms with E-state index in [-0.39, 0.29) is 24.9 Å². The topological polar surface area (TPSA) is 87.2 Å². The molecule has 8 heteroatoms. The lowest BCUT2D eigenvalue weighted by Gasteiger charge is -2.17. The summed E-state index contributed by atoms with van der Waals surface area (Å²) in [5, 5.41) is 5.74. The summed E-state index contributed by atoms with van der Waals surface area (Å²) in [6.07, 6.45) is 0.839. The lowest BCUT2D eigenvalue weighted by Crippen LogP contribution is -2.36. The molecule has 3 rings (SSSR count). The van der Waals surface area contributed by atoms with E-state index >= 15 is 0 Å². The summed E-state index contributed by atoms with van der Waals surface area (Å²) >= 11 is 1.11. The maximum atomic E-state index is 12.3. The molecule has 2 amide bonds. The number of aromatic nitrogens is 2. The van der Waals surface area contributed by atoms with Crippen LogP contribution in [0, 0.1) is 0 Å². The molecule has 0 unspecified atom stereocenters. The number of rotatable bonds is 7. The second-order valence-electron chi connectivity index (χ2n) is 6.22. The number of likely N-dealkylation sites (N-methyl/N-ethyl adjacent to an activating group) is 1. The van der Waals surface area contributed by atoms with Crippen LogP contribution in [0.15, 0.2) is 42.5 Å². The van der Waals surface area contributed by atoms with E-state index in [1.54, 1.807) is 18.0 Å². The summed E-state index contributed by atoms with van der Waals surface area (Å²) in [5.41, 5.74) is 3.94. The van der Waals surface area contributed by atoms with Gasteiger partial charge in [-0.3, -0.25) is 14.5 Å². The zero-order valence-electron chi connectivity index (χ0n) is 15.2. The summed E-state index contributed by atoms with van der Waals surface area (Å²) in [6, 6.07) is 13.2. The number of nitrogens with one attached hydrogen (secondary N) is 2. The summed E-state index contributed by atoms with van der Waals surface area (Å²) in [6.45, 7) is 2.25. The molecular weight excluding hydrogens is 362 g/mol. The molecule has 0 bridgehead atoms. The zero-order valence-corrected chi connectivity index (χ0v) is 16.0. The number of carbonyl (C=O) groups excluding carboxylic acids is 2. The minimum Gasteiger partial charge on any atom is -0.325 e. The van der Waals surface area contributed by atoms with E-state index in [1.807, 2.05) is 43.3 Å². The second kappa shape index (κ2) is 8.70. The van der Waals surface area contributed by atoms with Gasteiger partial charge >= 0.3 is 0 Å². The molecule has 27 heavy (non-hydrogen) atoms. The normalized spacial score (nSPS) is 10.9. The highest BCUT2D eigenvalue weighted by molar-refractivity contribution is 7.00. The van der Waals surface area contributed by atoms with Gasteiger partial charge in [0.2, 0.25) is 11.8 Å². The average molecular weight is 383 g/mol. The molecule has 0 aliphatic heterocycles. The largest absolute Gasteiger partial charge is 0.325 e. The molecule has 0 saturated heterocycles. The molecule has 2 aromatic carbocycles. The standard InChI is InChI=1S/C19H21N5O2S/c1-3-13-7-4-5-8-14(13)20-17(25)11-24(2)12-18(26)21-15-9-6-10-16-19(15)23-27-22-16/h4-10H,3,11-12H2,1-2H3,(H,20,25)(H,21,26). The van der Waals surface area contributed by atoms with Crippen LogP contribution < -0.4 is 10.6 Å². The van der Waals surface area contributed by atoms with Gasteiger partial charge in [0.05, 0.1) is 30.5 Å². The number of hydrogen-bond donors (Lipinski definition) is 2. The number of para-hydroxylation sites is 1. The fourth-order valence-corrected chi connectivity index (χ4v) is 3.33. The highest BCUT2D eigenvalue weighted by atomic mass is 32.1. The molecule has 3 aromatic rings. The Morgan fingerprint density at radius 1 is 0.963 bits per heavy atom. The quantitative estimate of drug-likeness (QED) is 0.655. The predicted octanol–water partition coefficient (Wildman–Crippen LogP) is 2.76. The molecule has 2 N–H and O–H groups in total. The molecule has 0 aliphatic carbocycles. The number of hydrogen-bond acceptors (Lipinski definition) is 6. The van der Waals surface area contributed by atoms with Crippen LogP contribution in [0.2, 0.25) is 0 Å². The van der Waals surface area contributed by atoms with Crippen molar-refractivity contribution in [2.24, 2.45) is 0 Å². The molecule has 0 fully saturated rings. The van der Waals surface area contributed by atoms with Crippen LogP contribution in [-0.2, 0) is 16.0 Å². The Bertz CT molecular complexity index is 956. The van der Waals surface area contributed by atoms with Crippen LogP contribution in [0.1, 0.15) is 12.5 Å². The molecule has 1 aromatic heterocycles. The third kappa shape index (κ3) is 4.87. The van der Waals surface area contributed by atoms with Crippen LogP contribution in [0.25, 0.3) is 11.0 Å². The Kier molecular flexibility index (Phi) is 6.10. The van der Waals surface area contributed by atoms with Crippen molar-refractivity contribution in [2.45, 2.75) is 13.3 Å². The first-order valence-electron chi connectivity index (χ1n) is 8.64. The van der Waals surface area contributed by atoms with E-state index in [0.29, 0.717) is 11.2 Å². The van der Waals surface area contributed by atoms with Crippen molar-refractivity contribution in [2.75, 3.05) is 30.8 Å². The summed E-state index contributed by atoms with van der Waals surface area (Å²) in [7, 11) is 1.73. The number of benzene rings is 2. The van der Waals surface area contributed by atoms with Gasteiger partial charge in [0, 0.05) is 5.69 Å². The first kappa shape index (κ1) is 18.9. The monoisotopic (exact) mass is 383 g/mol. The Hall–Kier alpha value is -2.84. The van der Waals surface area contributed by atoms with E-state index < -0.39 is 0 Å². The van der Waals surface area contributed by atoms with Crippen molar-refractivity contribution in [1.82, 2.24) is 13.6 Å². The molecule has 0 radical (unpaired) electrons. The Morgan fingerprint density at radius 2 is 1.63 bits per heavy atom. The van der Waals surface area contributed by atoms with Crippen LogP contribution >= 0.6 is 11.7 Å². The predicted molar refractivity (Wildman–Crippen MR) is 108 cm³/mol. The second-order valence-corrected chi connectivity index (χ2v) is 6.75. The molecule has 0 aliphatic rings. The van der Waals surface area contributed by atoms with Gasteiger partial charge in [0.15, 0.2) is 0 Å². The molecule has 140 valence electrons. The molecule has 0 spiro atoms. The van der Waals surface area contributed by atoms with Crippen molar-refractivity contribution in [3.05, 3.63) is 48.0 Å². The lowest BCUT2D eigenvalue weighted by atomic mass is 10.1. The fraction of sp³-hybridized carbons (Fsp3) is 0.263. The van der Waals surface area contributed by atoms with Gasteiger partial charge in [-0.25, -0.2) is 0 Å². The summed E-state index contributed by atoms with van der Waals surface area (Å²) < 4.78 is 8.36. The van der Waals surface area contributed by atoms with Crippen LogP contribution in [0.4, 0.5) is 11.4 Å². The Morgan fingerprint density at radius 3 is 2.37 bits per heavy atom. The number of aryl methyl sites for hydroxylation is 1. The van der Waals surface area contributed by atoms with Gasteiger partial charge in [-0.05, 0) is 37.2 Å². The lowest BCUT2D eigenvalue weighted by molar-refractivity contribution is -0.119. The molecule has 7 nitrogen and oxygen atoms in total. The van der Waals surface area contributed by atoms with Crippen molar-refractivity contribution in [3.8, 4) is 0 Å². The van der Waals surface area contributed by atoms with Gasteiger partial charge in [-0.15, -0.1) is 0 Å². The Balaban J connectivity index is 1.54. The zero-order chi connectivity index (χ0) is 19.2. The van der Waals surface area contributed by atoms with E-state index in [1.165, 1.54) is 0 Å². The van der Waals surface area contributed by atoms with Crippen molar-refractivity contribution in [3.63, 3.8) is 0 Å². The van der Waals surface area contributed by atoms with Crippen LogP contribution in [-0.4, -0.2) is 45.6 Å². The number of nitrogens with zero attached hydrogens (tertiary/aromatic N) is 3. The van der Waals surface area contributed by atoms with E-state index in [0.717, 1.165) is 34.9 Å². The first-order chi connectivity index (χ1) is 13.1. The minimum absolute atomic E-state index is 0.0940. The van der Waals surface area contributed by atoms with Gasteiger partial charge in [0.25, 0.3) is 0 Å². The van der Waals surface area contributed by atoms with Gasteiger partial charge in [-0.1, -0.05) is 31.2 Å². The van der Waals surface area contributed by atoms with Crippen molar-refractivity contribution >= 4 is 46.0 Å². The third-order valence-corrected chi connectivity index (χ3v) is 4.60. The van der Waals surface area contributed by atoms with Gasteiger partial charge in [-0.2, -0.15) is 8.75 Å². The maximum Gasteiger partial charge on any atom is 0.238 e. The first-order valence-corrected chi connectivity index (χ1v) is 9.37. The molecule has 0 saturated carbocycles. The maximum absolute atomic E-state index is 12.3. The minimum atomic E-state index is -0.209. The Labute approximate surface area is 161 Å². The van der Waals surface area contributed by atoms with E-state index in [4.69, 9.17) is 0 Å².